The lowest BCUT2D eigenvalue weighted by Crippen LogP contribution is -2.47. The Morgan fingerprint density at radius 2 is 1.86 bits per heavy atom. The van der Waals surface area contributed by atoms with Crippen LogP contribution in [0.15, 0.2) is 53.7 Å². The number of carbonyl (C=O) groups is 2. The zero-order valence-electron chi connectivity index (χ0n) is 23.7. The second-order valence-electron chi connectivity index (χ2n) is 10.4. The van der Waals surface area contributed by atoms with E-state index in [0.29, 0.717) is 49.8 Å². The zero-order valence-corrected chi connectivity index (χ0v) is 23.7. The molecule has 1 fully saturated rings. The number of aryl methyl sites for hydroxylation is 1. The summed E-state index contributed by atoms with van der Waals surface area (Å²) in [6.07, 6.45) is -1.95. The van der Waals surface area contributed by atoms with Crippen molar-refractivity contribution in [3.8, 4) is 0 Å². The van der Waals surface area contributed by atoms with Gasteiger partial charge in [-0.25, -0.2) is 9.79 Å². The SMILES string of the molecule is Cc1ccc(NC(=O)c2cc(N3CCN(CCO)CC3)cc(C(F)(F)F)c2)cc1NC(=O)N(C)C1N=CNc2[nH]ccc21. The van der Waals surface area contributed by atoms with Crippen LogP contribution in [0.25, 0.3) is 0 Å². The van der Waals surface area contributed by atoms with Gasteiger partial charge in [-0.1, -0.05) is 6.07 Å². The van der Waals surface area contributed by atoms with Crippen molar-refractivity contribution in [2.75, 3.05) is 67.2 Å². The standard InChI is InChI=1S/C29H33F3N8O3/c1-18-3-4-21(16-24(18)37-28(43)38(2)26-23-5-6-33-25(23)34-17-35-26)36-27(42)19-13-20(29(30,31)32)15-22(14-19)40-9-7-39(8-10-40)11-12-41/h3-6,13-17,26,33,41H,7-12H2,1-2H3,(H,34,35)(H,36,42)(H,37,43). The molecule has 11 nitrogen and oxygen atoms in total. The van der Waals surface area contributed by atoms with Crippen molar-refractivity contribution >= 4 is 41.2 Å². The van der Waals surface area contributed by atoms with E-state index < -0.39 is 29.8 Å². The van der Waals surface area contributed by atoms with Crippen LogP contribution in [0.4, 0.5) is 40.8 Å². The quantitative estimate of drug-likeness (QED) is 0.276. The van der Waals surface area contributed by atoms with Crippen molar-refractivity contribution in [1.29, 1.82) is 0 Å². The minimum Gasteiger partial charge on any atom is -0.395 e. The summed E-state index contributed by atoms with van der Waals surface area (Å²) >= 11 is 0. The van der Waals surface area contributed by atoms with E-state index in [-0.39, 0.29) is 12.2 Å². The van der Waals surface area contributed by atoms with Gasteiger partial charge < -0.3 is 35.8 Å². The molecule has 1 saturated heterocycles. The van der Waals surface area contributed by atoms with Crippen molar-refractivity contribution in [1.82, 2.24) is 14.8 Å². The molecule has 14 heteroatoms. The Morgan fingerprint density at radius 3 is 2.58 bits per heavy atom. The van der Waals surface area contributed by atoms with Crippen molar-refractivity contribution < 1.29 is 27.9 Å². The number of nitrogens with one attached hydrogen (secondary N) is 4. The number of hydrogen-bond donors (Lipinski definition) is 5. The molecule has 43 heavy (non-hydrogen) atoms. The Kier molecular flexibility index (Phi) is 8.59. The van der Waals surface area contributed by atoms with E-state index in [1.54, 1.807) is 43.3 Å². The molecule has 2 aromatic carbocycles. The largest absolute Gasteiger partial charge is 0.416 e. The van der Waals surface area contributed by atoms with E-state index in [2.05, 4.69) is 25.9 Å². The molecule has 2 aliphatic heterocycles. The number of aliphatic hydroxyl groups is 1. The Morgan fingerprint density at radius 1 is 1.09 bits per heavy atom. The van der Waals surface area contributed by atoms with E-state index in [0.717, 1.165) is 29.1 Å². The van der Waals surface area contributed by atoms with Crippen LogP contribution in [0, 0.1) is 6.92 Å². The number of aromatic nitrogens is 1. The fourth-order valence-electron chi connectivity index (χ4n) is 5.09. The molecule has 0 aliphatic carbocycles. The fraction of sp³-hybridized carbons (Fsp3) is 0.345. The number of urea groups is 1. The summed E-state index contributed by atoms with van der Waals surface area (Å²) in [6, 6.07) is 9.59. The summed E-state index contributed by atoms with van der Waals surface area (Å²) in [4.78, 5) is 39.0. The number of aliphatic hydroxyl groups excluding tert-OH is 1. The first-order valence-corrected chi connectivity index (χ1v) is 13.7. The molecule has 3 aromatic rings. The number of aliphatic imine (C=N–C) groups is 1. The number of hydrogen-bond acceptors (Lipinski definition) is 7. The molecule has 228 valence electrons. The lowest BCUT2D eigenvalue weighted by Gasteiger charge is -2.36. The van der Waals surface area contributed by atoms with Gasteiger partial charge in [-0.2, -0.15) is 13.2 Å². The molecule has 0 radical (unpaired) electrons. The smallest absolute Gasteiger partial charge is 0.395 e. The number of benzene rings is 2. The molecule has 0 bridgehead atoms. The number of halogens is 3. The number of piperazine rings is 1. The number of β-amino-alcohol motifs (C(OH)–C–C–N with tert-alkyl or cyclic N) is 1. The number of alkyl halides is 3. The average molecular weight is 599 g/mol. The first-order chi connectivity index (χ1) is 20.5. The predicted octanol–water partition coefficient (Wildman–Crippen LogP) is 4.32. The number of nitrogens with zero attached hydrogens (tertiary/aromatic N) is 4. The minimum atomic E-state index is -4.64. The number of aromatic amines is 1. The van der Waals surface area contributed by atoms with Gasteiger partial charge in [0.1, 0.15) is 5.82 Å². The van der Waals surface area contributed by atoms with Crippen molar-refractivity contribution in [3.63, 3.8) is 0 Å². The molecular formula is C29H33F3N8O3. The van der Waals surface area contributed by atoms with Crippen LogP contribution in [0.1, 0.15) is 33.2 Å². The van der Waals surface area contributed by atoms with Gasteiger partial charge in [0.2, 0.25) is 0 Å². The van der Waals surface area contributed by atoms with E-state index in [9.17, 15) is 22.8 Å². The van der Waals surface area contributed by atoms with Crippen LogP contribution in [0.5, 0.6) is 0 Å². The summed E-state index contributed by atoms with van der Waals surface area (Å²) in [5, 5.41) is 17.7. The van der Waals surface area contributed by atoms with Crippen molar-refractivity contribution in [2.45, 2.75) is 19.3 Å². The number of amides is 3. The second kappa shape index (κ2) is 12.4. The van der Waals surface area contributed by atoms with Crippen LogP contribution < -0.4 is 20.9 Å². The number of carbonyl (C=O) groups excluding carboxylic acids is 2. The molecule has 1 atom stereocenters. The molecule has 5 N–H and O–H groups in total. The Balaban J connectivity index is 1.32. The number of H-pyrrole nitrogens is 1. The first-order valence-electron chi connectivity index (χ1n) is 13.7. The van der Waals surface area contributed by atoms with Gasteiger partial charge in [-0.05, 0) is 48.9 Å². The maximum atomic E-state index is 13.8. The van der Waals surface area contributed by atoms with E-state index in [1.807, 2.05) is 11.0 Å². The second-order valence-corrected chi connectivity index (χ2v) is 10.4. The Hall–Kier alpha value is -4.56. The number of fused-ring (bicyclic) bond motifs is 1. The first kappa shape index (κ1) is 29.9. The maximum Gasteiger partial charge on any atom is 0.416 e. The highest BCUT2D eigenvalue weighted by Crippen LogP contribution is 2.34. The molecule has 2 aliphatic rings. The summed E-state index contributed by atoms with van der Waals surface area (Å²) in [5.41, 5.74) is 1.49. The van der Waals surface area contributed by atoms with E-state index in [1.165, 1.54) is 17.3 Å². The van der Waals surface area contributed by atoms with Crippen LogP contribution >= 0.6 is 0 Å². The van der Waals surface area contributed by atoms with Crippen LogP contribution in [-0.2, 0) is 6.18 Å². The molecular weight excluding hydrogens is 565 g/mol. The highest BCUT2D eigenvalue weighted by Gasteiger charge is 2.33. The van der Waals surface area contributed by atoms with Crippen LogP contribution in [0.3, 0.4) is 0 Å². The van der Waals surface area contributed by atoms with Gasteiger partial charge >= 0.3 is 12.2 Å². The van der Waals surface area contributed by atoms with Gasteiger partial charge in [0.15, 0.2) is 6.17 Å². The molecule has 1 aromatic heterocycles. The van der Waals surface area contributed by atoms with E-state index >= 15 is 0 Å². The average Bonchev–Trinajstić information content (AvgIpc) is 3.47. The number of rotatable bonds is 7. The molecule has 5 rings (SSSR count). The van der Waals surface area contributed by atoms with Crippen LogP contribution in [0.2, 0.25) is 0 Å². The minimum absolute atomic E-state index is 0.0101. The Bertz CT molecular complexity index is 1510. The zero-order chi connectivity index (χ0) is 30.7. The summed E-state index contributed by atoms with van der Waals surface area (Å²) in [6.45, 7) is 4.39. The highest BCUT2D eigenvalue weighted by molar-refractivity contribution is 6.05. The lowest BCUT2D eigenvalue weighted by molar-refractivity contribution is -0.137. The molecule has 3 amide bonds. The monoisotopic (exact) mass is 598 g/mol. The molecule has 0 spiro atoms. The molecule has 1 unspecified atom stereocenters. The van der Waals surface area contributed by atoms with Crippen LogP contribution in [-0.4, -0.2) is 84.5 Å². The third-order valence-corrected chi connectivity index (χ3v) is 7.57. The fourth-order valence-corrected chi connectivity index (χ4v) is 5.09. The summed E-state index contributed by atoms with van der Waals surface area (Å²) < 4.78 is 41.4. The Labute approximate surface area is 246 Å². The van der Waals surface area contributed by atoms with Crippen molar-refractivity contribution in [2.24, 2.45) is 4.99 Å². The summed E-state index contributed by atoms with van der Waals surface area (Å²) in [5.74, 6) is 0.0239. The van der Waals surface area contributed by atoms with Gasteiger partial charge in [0.05, 0.1) is 18.5 Å². The van der Waals surface area contributed by atoms with Gasteiger partial charge in [0.25, 0.3) is 5.91 Å². The summed E-state index contributed by atoms with van der Waals surface area (Å²) in [7, 11) is 1.61. The third kappa shape index (κ3) is 6.75. The topological polar surface area (TPSA) is 128 Å². The van der Waals surface area contributed by atoms with Gasteiger partial charge in [-0.15, -0.1) is 0 Å². The van der Waals surface area contributed by atoms with E-state index in [4.69, 9.17) is 5.11 Å². The van der Waals surface area contributed by atoms with Gasteiger partial charge in [0, 0.05) is 74.2 Å². The molecule has 3 heterocycles. The van der Waals surface area contributed by atoms with Crippen molar-refractivity contribution in [3.05, 3.63) is 70.9 Å². The lowest BCUT2D eigenvalue weighted by atomic mass is 10.1. The maximum absolute atomic E-state index is 13.8. The predicted molar refractivity (Wildman–Crippen MR) is 159 cm³/mol. The number of anilines is 4. The highest BCUT2D eigenvalue weighted by atomic mass is 19.4. The third-order valence-electron chi connectivity index (χ3n) is 7.57. The molecule has 0 saturated carbocycles. The van der Waals surface area contributed by atoms with Gasteiger partial charge in [-0.3, -0.25) is 9.69 Å². The normalized spacial score (nSPS) is 16.8.